The van der Waals surface area contributed by atoms with Crippen LogP contribution in [0.4, 0.5) is 5.69 Å². The van der Waals surface area contributed by atoms with Crippen LogP contribution in [0.2, 0.25) is 5.02 Å². The smallest absolute Gasteiger partial charge is 0.256 e. The fourth-order valence-electron chi connectivity index (χ4n) is 3.08. The van der Waals surface area contributed by atoms with Gasteiger partial charge < -0.3 is 10.2 Å². The first kappa shape index (κ1) is 19.6. The van der Waals surface area contributed by atoms with Gasteiger partial charge in [-0.1, -0.05) is 32.4 Å². The largest absolute Gasteiger partial charge is 0.324 e. The van der Waals surface area contributed by atoms with Crippen LogP contribution in [0, 0.1) is 16.9 Å². The van der Waals surface area contributed by atoms with Gasteiger partial charge in [0, 0.05) is 28.7 Å². The van der Waals surface area contributed by atoms with Crippen molar-refractivity contribution in [2.75, 3.05) is 5.32 Å². The summed E-state index contributed by atoms with van der Waals surface area (Å²) in [4.78, 5) is 23.4. The number of fused-ring (bicyclic) bond motifs is 1. The Balaban J connectivity index is 1.95. The number of hydrogen-bond acceptors (Lipinski definition) is 4. The number of carbonyl (C=O) groups excluding carboxylic acids is 1. The maximum atomic E-state index is 13.0. The molecule has 0 saturated heterocycles. The normalized spacial score (nSPS) is 15.0. The average Bonchev–Trinajstić information content (AvgIpc) is 2.95. The van der Waals surface area contributed by atoms with E-state index in [0.717, 1.165) is 5.56 Å². The van der Waals surface area contributed by atoms with Crippen molar-refractivity contribution in [3.05, 3.63) is 58.9 Å². The lowest BCUT2D eigenvalue weighted by atomic mass is 9.91. The van der Waals surface area contributed by atoms with Crippen LogP contribution >= 0.6 is 11.6 Å². The summed E-state index contributed by atoms with van der Waals surface area (Å²) in [6.07, 6.45) is 4.66. The van der Waals surface area contributed by atoms with Gasteiger partial charge in [0.2, 0.25) is 5.96 Å². The second-order valence-corrected chi connectivity index (χ2v) is 7.99. The molecule has 0 aliphatic carbocycles. The topological polar surface area (TPSA) is 93.4 Å². The highest BCUT2D eigenvalue weighted by atomic mass is 35.5. The molecule has 28 heavy (non-hydrogen) atoms. The first-order valence-corrected chi connectivity index (χ1v) is 9.17. The van der Waals surface area contributed by atoms with Gasteiger partial charge >= 0.3 is 0 Å². The van der Waals surface area contributed by atoms with Crippen LogP contribution in [0.25, 0.3) is 0 Å². The highest BCUT2D eigenvalue weighted by Gasteiger charge is 2.39. The Kier molecular flexibility index (Phi) is 5.52. The van der Waals surface area contributed by atoms with Gasteiger partial charge in [0.1, 0.15) is 6.17 Å². The maximum Gasteiger partial charge on any atom is 0.256 e. The predicted molar refractivity (Wildman–Crippen MR) is 109 cm³/mol. The van der Waals surface area contributed by atoms with Crippen LogP contribution in [0.3, 0.4) is 0 Å². The zero-order chi connectivity index (χ0) is 20.3. The molecule has 2 aromatic rings. The first-order chi connectivity index (χ1) is 13.3. The Hall–Kier alpha value is -3.11. The van der Waals surface area contributed by atoms with Crippen molar-refractivity contribution in [2.24, 2.45) is 10.4 Å². The average molecular weight is 397 g/mol. The van der Waals surface area contributed by atoms with E-state index in [-0.39, 0.29) is 17.3 Å². The van der Waals surface area contributed by atoms with Gasteiger partial charge in [0.25, 0.3) is 5.91 Å². The number of nitriles is 1. The molecule has 0 fully saturated rings. The van der Waals surface area contributed by atoms with E-state index < -0.39 is 6.17 Å². The summed E-state index contributed by atoms with van der Waals surface area (Å²) >= 11 is 6.08. The number of rotatable bonds is 3. The molecule has 1 unspecified atom stereocenters. The number of benzene rings is 1. The second-order valence-electron chi connectivity index (χ2n) is 7.56. The maximum absolute atomic E-state index is 13.0. The molecule has 1 amide bonds. The fourth-order valence-corrected chi connectivity index (χ4v) is 3.28. The third-order valence-corrected chi connectivity index (χ3v) is 4.55. The number of pyridine rings is 1. The SMILES string of the molecule is CC(C)(C)C(/N=C(/NC#N)Nc1cccnc1)N1Cc2cc(Cl)ccc2C1=O. The van der Waals surface area contributed by atoms with E-state index in [4.69, 9.17) is 16.9 Å². The summed E-state index contributed by atoms with van der Waals surface area (Å²) < 4.78 is 0. The molecule has 1 aliphatic rings. The number of aromatic nitrogens is 1. The summed E-state index contributed by atoms with van der Waals surface area (Å²) in [6, 6.07) is 8.85. The molecule has 0 radical (unpaired) electrons. The van der Waals surface area contributed by atoms with Crippen LogP contribution in [-0.4, -0.2) is 27.9 Å². The molecule has 1 aliphatic heterocycles. The Morgan fingerprint density at radius 3 is 2.82 bits per heavy atom. The number of anilines is 1. The van der Waals surface area contributed by atoms with Crippen LogP contribution in [0.5, 0.6) is 0 Å². The first-order valence-electron chi connectivity index (χ1n) is 8.79. The molecule has 0 saturated carbocycles. The third kappa shape index (κ3) is 4.24. The fraction of sp³-hybridized carbons (Fsp3) is 0.300. The third-order valence-electron chi connectivity index (χ3n) is 4.32. The zero-order valence-corrected chi connectivity index (χ0v) is 16.7. The molecule has 1 aromatic carbocycles. The van der Waals surface area contributed by atoms with Gasteiger partial charge in [-0.15, -0.1) is 0 Å². The number of carbonyl (C=O) groups is 1. The molecule has 1 atom stereocenters. The van der Waals surface area contributed by atoms with Crippen molar-refractivity contribution in [3.8, 4) is 6.19 Å². The summed E-state index contributed by atoms with van der Waals surface area (Å²) in [5.41, 5.74) is 1.81. The minimum Gasteiger partial charge on any atom is -0.324 e. The van der Waals surface area contributed by atoms with Gasteiger partial charge in [-0.05, 0) is 35.9 Å². The van der Waals surface area contributed by atoms with Crippen molar-refractivity contribution in [1.82, 2.24) is 15.2 Å². The van der Waals surface area contributed by atoms with E-state index in [0.29, 0.717) is 22.8 Å². The Morgan fingerprint density at radius 2 is 2.18 bits per heavy atom. The molecule has 1 aromatic heterocycles. The molecular weight excluding hydrogens is 376 g/mol. The van der Waals surface area contributed by atoms with Gasteiger partial charge in [0.15, 0.2) is 6.19 Å². The molecule has 2 N–H and O–H groups in total. The molecular formula is C20H21ClN6O. The zero-order valence-electron chi connectivity index (χ0n) is 15.9. The van der Waals surface area contributed by atoms with Crippen molar-refractivity contribution >= 4 is 29.2 Å². The molecule has 8 heteroatoms. The van der Waals surface area contributed by atoms with Crippen LogP contribution in [0.1, 0.15) is 36.7 Å². The summed E-state index contributed by atoms with van der Waals surface area (Å²) in [7, 11) is 0. The van der Waals surface area contributed by atoms with Crippen LogP contribution in [-0.2, 0) is 6.54 Å². The van der Waals surface area contributed by atoms with Crippen LogP contribution < -0.4 is 10.6 Å². The summed E-state index contributed by atoms with van der Waals surface area (Å²) in [6.45, 7) is 6.41. The van der Waals surface area contributed by atoms with Crippen molar-refractivity contribution < 1.29 is 4.79 Å². The number of halogens is 1. The Labute approximate surface area is 169 Å². The van der Waals surface area contributed by atoms with Gasteiger partial charge in [-0.3, -0.25) is 15.1 Å². The number of nitrogens with zero attached hydrogens (tertiary/aromatic N) is 4. The second kappa shape index (κ2) is 7.87. The number of amides is 1. The molecule has 2 heterocycles. The summed E-state index contributed by atoms with van der Waals surface area (Å²) in [5.74, 6) is 0.144. The quantitative estimate of drug-likeness (QED) is 0.358. The minimum absolute atomic E-state index is 0.104. The highest BCUT2D eigenvalue weighted by Crippen LogP contribution is 2.34. The summed E-state index contributed by atoms with van der Waals surface area (Å²) in [5, 5.41) is 15.3. The number of guanidine groups is 1. The lowest BCUT2D eigenvalue weighted by Crippen LogP contribution is -2.45. The number of aliphatic imine (C=N–C) groups is 1. The standard InChI is InChI=1S/C20H21ClN6O/c1-20(2,3)18(26-19(24-12-22)25-15-5-4-8-23-10-15)27-11-13-9-14(21)6-7-16(13)17(27)28/h4-10,18H,11H2,1-3H3,(H2,24,25,26). The molecule has 7 nitrogen and oxygen atoms in total. The van der Waals surface area contributed by atoms with Gasteiger partial charge in [-0.2, -0.15) is 5.26 Å². The number of nitrogens with one attached hydrogen (secondary N) is 2. The molecule has 3 rings (SSSR count). The highest BCUT2D eigenvalue weighted by molar-refractivity contribution is 6.30. The predicted octanol–water partition coefficient (Wildman–Crippen LogP) is 3.60. The van der Waals surface area contributed by atoms with Crippen LogP contribution in [0.15, 0.2) is 47.7 Å². The lowest BCUT2D eigenvalue weighted by Gasteiger charge is -2.35. The van der Waals surface area contributed by atoms with Gasteiger partial charge in [-0.25, -0.2) is 4.99 Å². The van der Waals surface area contributed by atoms with Crippen molar-refractivity contribution in [2.45, 2.75) is 33.5 Å². The van der Waals surface area contributed by atoms with Crippen molar-refractivity contribution in [1.29, 1.82) is 5.26 Å². The molecule has 0 bridgehead atoms. The number of hydrogen-bond donors (Lipinski definition) is 2. The van der Waals surface area contributed by atoms with E-state index in [1.807, 2.05) is 33.0 Å². The molecule has 144 valence electrons. The van der Waals surface area contributed by atoms with E-state index >= 15 is 0 Å². The Morgan fingerprint density at radius 1 is 1.39 bits per heavy atom. The van der Waals surface area contributed by atoms with Crippen molar-refractivity contribution in [3.63, 3.8) is 0 Å². The van der Waals surface area contributed by atoms with E-state index in [1.54, 1.807) is 41.6 Å². The molecule has 0 spiro atoms. The van der Waals surface area contributed by atoms with E-state index in [9.17, 15) is 4.79 Å². The monoisotopic (exact) mass is 396 g/mol. The van der Waals surface area contributed by atoms with E-state index in [2.05, 4.69) is 20.6 Å². The van der Waals surface area contributed by atoms with E-state index in [1.165, 1.54) is 0 Å². The lowest BCUT2D eigenvalue weighted by molar-refractivity contribution is 0.0560. The van der Waals surface area contributed by atoms with Gasteiger partial charge in [0.05, 0.1) is 11.9 Å². The minimum atomic E-state index is -0.508. The Bertz CT molecular complexity index is 945.